The van der Waals surface area contributed by atoms with Crippen LogP contribution >= 0.6 is 0 Å². The largest absolute Gasteiger partial charge is 0.555 e. The fraction of sp³-hybridized carbons (Fsp3) is 0.686. The van der Waals surface area contributed by atoms with Gasteiger partial charge in [0.25, 0.3) is 0 Å². The molecule has 4 radical (unpaired) electrons. The van der Waals surface area contributed by atoms with Crippen LogP contribution in [0.15, 0.2) is 0 Å². The third kappa shape index (κ3) is 56.9. The molecule has 0 saturated carbocycles. The molecule has 4 nitrogen and oxygen atoms in total. The molecule has 0 aromatic heterocycles. The number of hydrogen-bond acceptors (Lipinski definition) is 4. The Morgan fingerprint density at radius 1 is 0.651 bits per heavy atom. The number of ether oxygens (including phenoxy) is 3. The van der Waals surface area contributed by atoms with E-state index in [1.807, 2.05) is 13.0 Å². The second kappa shape index (κ2) is 53.7. The molecule has 0 aromatic rings. The standard InChI is InChI=1S/C11H23O2.C11H15.C7H15O.C6H6N.4Y/c1-5-13-9-7-11(3)10(2)6-8-12-4;1-5-7-9-11(4)10(3)8-6-2;1-4-7(2)5-6-8-3;1-3-4-6(2)5-7;;;;/h10-11H,4-9H2,1-3H3;10-11H,2,5H2,1,3-4H3;7H,3-6H2,1-2H3;6H,1H2,2H3;;;;/q4*-1;;;;. The molecule has 0 saturated heterocycles. The molecule has 0 N–H and O–H groups in total. The molecule has 8 heteroatoms. The van der Waals surface area contributed by atoms with E-state index in [-0.39, 0.29) is 137 Å². The summed E-state index contributed by atoms with van der Waals surface area (Å²) in [6.07, 6.45) is 5.54. The van der Waals surface area contributed by atoms with E-state index >= 15 is 0 Å². The van der Waals surface area contributed by atoms with Gasteiger partial charge in [0.05, 0.1) is 6.07 Å². The van der Waals surface area contributed by atoms with Crippen molar-refractivity contribution in [2.45, 2.75) is 94.4 Å². The second-order valence-corrected chi connectivity index (χ2v) is 9.59. The summed E-state index contributed by atoms with van der Waals surface area (Å²) in [5, 5.41) is 8.09. The Balaban J connectivity index is -0.0000000630. The average Bonchev–Trinajstić information content (AvgIpc) is 2.94. The quantitative estimate of drug-likeness (QED) is 0.106. The summed E-state index contributed by atoms with van der Waals surface area (Å²) in [7, 11) is 6.66. The van der Waals surface area contributed by atoms with Crippen LogP contribution in [0.2, 0.25) is 0 Å². The predicted molar refractivity (Wildman–Crippen MR) is 168 cm³/mol. The Morgan fingerprint density at radius 3 is 1.44 bits per heavy atom. The molecule has 0 aromatic carbocycles. The van der Waals surface area contributed by atoms with E-state index in [1.165, 1.54) is 6.42 Å². The zero-order chi connectivity index (χ0) is 30.9. The van der Waals surface area contributed by atoms with Crippen LogP contribution in [0.3, 0.4) is 0 Å². The first-order chi connectivity index (χ1) is 18.6. The molecular weight excluding hydrogens is 838 g/mol. The van der Waals surface area contributed by atoms with Crippen molar-refractivity contribution in [2.24, 2.45) is 35.5 Å². The summed E-state index contributed by atoms with van der Waals surface area (Å²) in [5.41, 5.74) is 0. The van der Waals surface area contributed by atoms with Crippen LogP contribution in [0.1, 0.15) is 94.4 Å². The van der Waals surface area contributed by atoms with Crippen LogP contribution in [0.4, 0.5) is 0 Å². The van der Waals surface area contributed by atoms with Gasteiger partial charge in [0, 0.05) is 176 Å². The van der Waals surface area contributed by atoms with E-state index in [4.69, 9.17) is 14.7 Å². The molecule has 0 spiro atoms. The molecule has 0 bridgehead atoms. The van der Waals surface area contributed by atoms with Gasteiger partial charge < -0.3 is 26.1 Å². The zero-order valence-corrected chi connectivity index (χ0v) is 40.5. The van der Waals surface area contributed by atoms with Gasteiger partial charge >= 0.3 is 0 Å². The van der Waals surface area contributed by atoms with Crippen molar-refractivity contribution >= 4 is 0 Å². The van der Waals surface area contributed by atoms with Gasteiger partial charge in [-0.15, -0.1) is 11.8 Å². The van der Waals surface area contributed by atoms with Crippen molar-refractivity contribution in [3.8, 4) is 41.6 Å². The first-order valence-corrected chi connectivity index (χ1v) is 14.3. The Kier molecular flexibility index (Phi) is 79.7. The van der Waals surface area contributed by atoms with Gasteiger partial charge in [-0.25, -0.2) is 14.2 Å². The van der Waals surface area contributed by atoms with Crippen molar-refractivity contribution in [1.29, 1.82) is 5.26 Å². The van der Waals surface area contributed by atoms with Gasteiger partial charge in [0.2, 0.25) is 0 Å². The maximum atomic E-state index is 8.09. The maximum absolute atomic E-state index is 8.09. The molecule has 0 aliphatic carbocycles. The fourth-order valence-electron chi connectivity index (χ4n) is 2.60. The molecule has 6 unspecified atom stereocenters. The van der Waals surface area contributed by atoms with Crippen LogP contribution < -0.4 is 0 Å². The normalized spacial score (nSPS) is 12.4. The SMILES string of the molecule is [CH2-]C#CC(C)C#N.[CH2-]C#CC(C)C(C)C#CCC.[CH2-]OCCC(C)C(C)CCOCC.[CH2-]OCCC(C)CC.[Y].[Y].[Y].[Y]. The molecule has 0 heterocycles. The molecule has 0 fully saturated rings. The first-order valence-electron chi connectivity index (χ1n) is 14.3. The molecule has 43 heavy (non-hydrogen) atoms. The van der Waals surface area contributed by atoms with E-state index in [1.54, 1.807) is 6.92 Å². The van der Waals surface area contributed by atoms with E-state index in [0.29, 0.717) is 23.7 Å². The minimum Gasteiger partial charge on any atom is -0.555 e. The molecule has 238 valence electrons. The van der Waals surface area contributed by atoms with Crippen LogP contribution in [-0.4, -0.2) is 26.4 Å². The zero-order valence-electron chi connectivity index (χ0n) is 29.1. The van der Waals surface area contributed by atoms with Crippen LogP contribution in [0.25, 0.3) is 0 Å². The minimum atomic E-state index is -0.169. The van der Waals surface area contributed by atoms with Gasteiger partial charge in [-0.05, 0) is 43.9 Å². The summed E-state index contributed by atoms with van der Waals surface area (Å²) < 4.78 is 14.8. The smallest absolute Gasteiger partial charge is 0.0573 e. The van der Waals surface area contributed by atoms with Crippen LogP contribution in [-0.2, 0) is 145 Å². The van der Waals surface area contributed by atoms with E-state index in [0.717, 1.165) is 58.0 Å². The fourth-order valence-corrected chi connectivity index (χ4v) is 2.60. The van der Waals surface area contributed by atoms with Gasteiger partial charge in [-0.2, -0.15) is 19.1 Å². The van der Waals surface area contributed by atoms with E-state index in [2.05, 4.69) is 117 Å². The van der Waals surface area contributed by atoms with Gasteiger partial charge in [-0.1, -0.05) is 67.7 Å². The van der Waals surface area contributed by atoms with Crippen molar-refractivity contribution in [3.05, 3.63) is 28.1 Å². The van der Waals surface area contributed by atoms with Gasteiger partial charge in [0.1, 0.15) is 0 Å². The average molecular weight is 897 g/mol. The molecular formula is C35H59NO3Y4-4. The van der Waals surface area contributed by atoms with E-state index in [9.17, 15) is 0 Å². The van der Waals surface area contributed by atoms with Crippen molar-refractivity contribution in [1.82, 2.24) is 0 Å². The number of hydrogen-bond donors (Lipinski definition) is 0. The Morgan fingerprint density at radius 2 is 1.09 bits per heavy atom. The van der Waals surface area contributed by atoms with Crippen molar-refractivity contribution < 1.29 is 145 Å². The summed E-state index contributed by atoms with van der Waals surface area (Å²) in [5.74, 6) is 19.5. The predicted octanol–water partition coefficient (Wildman–Crippen LogP) is 8.60. The number of nitrogens with zero attached hydrogens (tertiary/aromatic N) is 1. The summed E-state index contributed by atoms with van der Waals surface area (Å²) in [6, 6.07) is 1.95. The summed E-state index contributed by atoms with van der Waals surface area (Å²) in [4.78, 5) is 0. The van der Waals surface area contributed by atoms with Crippen LogP contribution in [0.5, 0.6) is 0 Å². The Labute approximate surface area is 370 Å². The third-order valence-corrected chi connectivity index (χ3v) is 6.16. The summed E-state index contributed by atoms with van der Waals surface area (Å²) in [6.45, 7) is 28.9. The molecule has 0 aliphatic heterocycles. The van der Waals surface area contributed by atoms with Crippen molar-refractivity contribution in [3.63, 3.8) is 0 Å². The first kappa shape index (κ1) is 63.8. The monoisotopic (exact) mass is 897 g/mol. The number of rotatable bonds is 13. The van der Waals surface area contributed by atoms with Crippen LogP contribution in [0, 0.1) is 110 Å². The van der Waals surface area contributed by atoms with Gasteiger partial charge in [-0.3, -0.25) is 11.8 Å². The minimum absolute atomic E-state index is 0. The molecule has 0 rings (SSSR count). The van der Waals surface area contributed by atoms with E-state index < -0.39 is 0 Å². The molecule has 6 atom stereocenters. The Hall–Kier alpha value is 2.21. The third-order valence-electron chi connectivity index (χ3n) is 6.16. The number of nitriles is 1. The Bertz CT molecular complexity index is 742. The topological polar surface area (TPSA) is 51.5 Å². The van der Waals surface area contributed by atoms with Gasteiger partial charge in [0.15, 0.2) is 0 Å². The second-order valence-electron chi connectivity index (χ2n) is 9.59. The molecule has 0 amide bonds. The molecule has 0 aliphatic rings. The summed E-state index contributed by atoms with van der Waals surface area (Å²) >= 11 is 0. The van der Waals surface area contributed by atoms with Crippen molar-refractivity contribution in [2.75, 3.05) is 26.4 Å². The maximum Gasteiger partial charge on any atom is 0.0573 e.